The Morgan fingerprint density at radius 3 is 2.70 bits per heavy atom. The number of carbonyl (C=O) groups excluding carboxylic acids is 3. The smallest absolute Gasteiger partial charge is 0.265 e. The Bertz CT molecular complexity index is 926. The number of hydrogen-bond acceptors (Lipinski definition) is 4. The van der Waals surface area contributed by atoms with Crippen molar-refractivity contribution in [2.45, 2.75) is 20.3 Å². The fraction of sp³-hybridized carbons (Fsp3) is 0.250. The van der Waals surface area contributed by atoms with Gasteiger partial charge in [-0.15, -0.1) is 0 Å². The fourth-order valence-electron chi connectivity index (χ4n) is 2.85. The second kappa shape index (κ2) is 7.80. The average molecular weight is 387 g/mol. The zero-order chi connectivity index (χ0) is 19.6. The van der Waals surface area contributed by atoms with E-state index in [4.69, 9.17) is 16.3 Å². The summed E-state index contributed by atoms with van der Waals surface area (Å²) in [5.74, 6) is -0.268. The van der Waals surface area contributed by atoms with Crippen LogP contribution in [0.5, 0.6) is 5.75 Å². The highest BCUT2D eigenvalue weighted by atomic mass is 35.5. The van der Waals surface area contributed by atoms with Crippen molar-refractivity contribution in [3.8, 4) is 5.75 Å². The minimum Gasteiger partial charge on any atom is -0.482 e. The molecule has 1 N–H and O–H groups in total. The third kappa shape index (κ3) is 4.11. The highest BCUT2D eigenvalue weighted by molar-refractivity contribution is 6.30. The summed E-state index contributed by atoms with van der Waals surface area (Å²) < 4.78 is 5.42. The SMILES string of the molecule is CCC(=O)c1ccc2c(c1)N(CC(=O)Nc1ccc(Cl)cc1C)C(=O)CO2. The van der Waals surface area contributed by atoms with E-state index in [1.54, 1.807) is 43.3 Å². The van der Waals surface area contributed by atoms with E-state index in [0.717, 1.165) is 5.56 Å². The second-order valence-electron chi connectivity index (χ2n) is 6.24. The summed E-state index contributed by atoms with van der Waals surface area (Å²) in [6, 6.07) is 10.0. The molecule has 0 atom stereocenters. The van der Waals surface area contributed by atoms with Gasteiger partial charge in [-0.1, -0.05) is 18.5 Å². The van der Waals surface area contributed by atoms with Crippen LogP contribution < -0.4 is 15.0 Å². The maximum atomic E-state index is 12.5. The average Bonchev–Trinajstić information content (AvgIpc) is 2.65. The maximum Gasteiger partial charge on any atom is 0.265 e. The van der Waals surface area contributed by atoms with Crippen LogP contribution in [-0.4, -0.2) is 30.7 Å². The Morgan fingerprint density at radius 1 is 1.22 bits per heavy atom. The molecule has 0 aromatic heterocycles. The van der Waals surface area contributed by atoms with E-state index in [2.05, 4.69) is 5.32 Å². The number of fused-ring (bicyclic) bond motifs is 1. The van der Waals surface area contributed by atoms with Gasteiger partial charge in [0.15, 0.2) is 12.4 Å². The summed E-state index contributed by atoms with van der Waals surface area (Å²) in [4.78, 5) is 38.1. The molecule has 7 heteroatoms. The lowest BCUT2D eigenvalue weighted by atomic mass is 10.1. The van der Waals surface area contributed by atoms with Gasteiger partial charge in [0, 0.05) is 22.7 Å². The predicted molar refractivity (Wildman–Crippen MR) is 104 cm³/mol. The zero-order valence-electron chi connectivity index (χ0n) is 15.0. The first-order chi connectivity index (χ1) is 12.9. The molecule has 3 rings (SSSR count). The van der Waals surface area contributed by atoms with Gasteiger partial charge in [-0.25, -0.2) is 0 Å². The molecule has 0 fully saturated rings. The van der Waals surface area contributed by atoms with Crippen LogP contribution in [0.1, 0.15) is 29.3 Å². The van der Waals surface area contributed by atoms with Crippen molar-refractivity contribution in [1.29, 1.82) is 0 Å². The van der Waals surface area contributed by atoms with E-state index < -0.39 is 0 Å². The molecule has 2 aromatic carbocycles. The topological polar surface area (TPSA) is 75.7 Å². The molecule has 0 radical (unpaired) electrons. The third-order valence-electron chi connectivity index (χ3n) is 4.31. The van der Waals surface area contributed by atoms with Gasteiger partial charge in [-0.2, -0.15) is 0 Å². The van der Waals surface area contributed by atoms with Crippen molar-refractivity contribution in [2.75, 3.05) is 23.4 Å². The molecule has 1 aliphatic rings. The molecule has 6 nitrogen and oxygen atoms in total. The van der Waals surface area contributed by atoms with Crippen molar-refractivity contribution in [2.24, 2.45) is 0 Å². The number of aryl methyl sites for hydroxylation is 1. The van der Waals surface area contributed by atoms with Crippen molar-refractivity contribution >= 4 is 40.6 Å². The van der Waals surface area contributed by atoms with E-state index in [9.17, 15) is 14.4 Å². The summed E-state index contributed by atoms with van der Waals surface area (Å²) in [6.45, 7) is 3.27. The van der Waals surface area contributed by atoms with E-state index in [0.29, 0.717) is 34.1 Å². The van der Waals surface area contributed by atoms with Crippen LogP contribution in [-0.2, 0) is 9.59 Å². The van der Waals surface area contributed by atoms with Crippen LogP contribution in [0, 0.1) is 6.92 Å². The molecule has 2 aromatic rings. The largest absolute Gasteiger partial charge is 0.482 e. The fourth-order valence-corrected chi connectivity index (χ4v) is 3.08. The highest BCUT2D eigenvalue weighted by Crippen LogP contribution is 2.33. The molecule has 27 heavy (non-hydrogen) atoms. The lowest BCUT2D eigenvalue weighted by Crippen LogP contribution is -2.43. The third-order valence-corrected chi connectivity index (χ3v) is 4.54. The van der Waals surface area contributed by atoms with Crippen LogP contribution >= 0.6 is 11.6 Å². The lowest BCUT2D eigenvalue weighted by Gasteiger charge is -2.29. The Morgan fingerprint density at radius 2 is 2.00 bits per heavy atom. The standard InChI is InChI=1S/C20H19ClN2O4/c1-3-17(24)13-4-7-18-16(9-13)23(20(26)11-27-18)10-19(25)22-15-6-5-14(21)8-12(15)2/h4-9H,3,10-11H2,1-2H3,(H,22,25). The van der Waals surface area contributed by atoms with Crippen LogP contribution in [0.15, 0.2) is 36.4 Å². The molecular weight excluding hydrogens is 368 g/mol. The van der Waals surface area contributed by atoms with E-state index in [1.807, 2.05) is 6.92 Å². The summed E-state index contributed by atoms with van der Waals surface area (Å²) in [6.07, 6.45) is 0.351. The molecule has 0 unspecified atom stereocenters. The number of benzene rings is 2. The van der Waals surface area contributed by atoms with Gasteiger partial charge in [0.05, 0.1) is 5.69 Å². The highest BCUT2D eigenvalue weighted by Gasteiger charge is 2.28. The van der Waals surface area contributed by atoms with Crippen molar-refractivity contribution < 1.29 is 19.1 Å². The van der Waals surface area contributed by atoms with Gasteiger partial charge in [-0.05, 0) is 48.9 Å². The molecular formula is C20H19ClN2O4. The zero-order valence-corrected chi connectivity index (χ0v) is 15.8. The molecule has 1 heterocycles. The summed E-state index contributed by atoms with van der Waals surface area (Å²) >= 11 is 5.93. The van der Waals surface area contributed by atoms with E-state index >= 15 is 0 Å². The number of carbonyl (C=O) groups is 3. The van der Waals surface area contributed by atoms with Crippen LogP contribution in [0.25, 0.3) is 0 Å². The van der Waals surface area contributed by atoms with Crippen molar-refractivity contribution in [3.63, 3.8) is 0 Å². The maximum absolute atomic E-state index is 12.5. The van der Waals surface area contributed by atoms with Crippen LogP contribution in [0.2, 0.25) is 5.02 Å². The first-order valence-electron chi connectivity index (χ1n) is 8.55. The summed E-state index contributed by atoms with van der Waals surface area (Å²) in [5, 5.41) is 3.36. The molecule has 0 saturated heterocycles. The number of nitrogens with zero attached hydrogens (tertiary/aromatic N) is 1. The van der Waals surface area contributed by atoms with Gasteiger partial charge in [-0.3, -0.25) is 19.3 Å². The number of nitrogens with one attached hydrogen (secondary N) is 1. The number of amides is 2. The Balaban J connectivity index is 1.83. The number of ketones is 1. The number of ether oxygens (including phenoxy) is 1. The van der Waals surface area contributed by atoms with Gasteiger partial charge >= 0.3 is 0 Å². The van der Waals surface area contributed by atoms with E-state index in [1.165, 1.54) is 4.90 Å². The molecule has 0 aliphatic carbocycles. The molecule has 0 bridgehead atoms. The van der Waals surface area contributed by atoms with Crippen molar-refractivity contribution in [1.82, 2.24) is 0 Å². The number of Topliss-reactive ketones (excluding diaryl/α,β-unsaturated/α-hetero) is 1. The number of hydrogen-bond donors (Lipinski definition) is 1. The monoisotopic (exact) mass is 386 g/mol. The second-order valence-corrected chi connectivity index (χ2v) is 6.67. The molecule has 0 spiro atoms. The Kier molecular flexibility index (Phi) is 5.46. The van der Waals surface area contributed by atoms with Gasteiger partial charge in [0.2, 0.25) is 5.91 Å². The van der Waals surface area contributed by atoms with E-state index in [-0.39, 0.29) is 30.7 Å². The molecule has 0 saturated carbocycles. The number of halogens is 1. The first-order valence-corrected chi connectivity index (χ1v) is 8.93. The normalized spacial score (nSPS) is 13.0. The van der Waals surface area contributed by atoms with Gasteiger partial charge in [0.1, 0.15) is 12.3 Å². The number of anilines is 2. The minimum absolute atomic E-state index is 0.0444. The van der Waals surface area contributed by atoms with Gasteiger partial charge in [0.25, 0.3) is 5.91 Å². The molecule has 140 valence electrons. The number of rotatable bonds is 5. The summed E-state index contributed by atoms with van der Waals surface area (Å²) in [5.41, 5.74) is 2.35. The summed E-state index contributed by atoms with van der Waals surface area (Å²) in [7, 11) is 0. The van der Waals surface area contributed by atoms with Crippen molar-refractivity contribution in [3.05, 3.63) is 52.5 Å². The van der Waals surface area contributed by atoms with Crippen LogP contribution in [0.4, 0.5) is 11.4 Å². The predicted octanol–water partition coefficient (Wildman–Crippen LogP) is 3.61. The first kappa shape index (κ1) is 18.9. The Labute approximate surface area is 162 Å². The molecule has 1 aliphatic heterocycles. The minimum atomic E-state index is -0.353. The molecule has 2 amide bonds. The van der Waals surface area contributed by atoms with Gasteiger partial charge < -0.3 is 10.1 Å². The lowest BCUT2D eigenvalue weighted by molar-refractivity contribution is -0.123. The Hall–Kier alpha value is -2.86. The quantitative estimate of drug-likeness (QED) is 0.796. The van der Waals surface area contributed by atoms with Crippen LogP contribution in [0.3, 0.4) is 0 Å².